The maximum atomic E-state index is 11.6. The first-order chi connectivity index (χ1) is 13.4. The molecule has 1 aromatic heterocycles. The third kappa shape index (κ3) is 4.54. The van der Waals surface area contributed by atoms with Gasteiger partial charge in [0.2, 0.25) is 0 Å². The summed E-state index contributed by atoms with van der Waals surface area (Å²) in [4.78, 5) is 27.1. The molecule has 28 heavy (non-hydrogen) atoms. The van der Waals surface area contributed by atoms with Gasteiger partial charge in [0.25, 0.3) is 5.88 Å². The van der Waals surface area contributed by atoms with Gasteiger partial charge in [0.15, 0.2) is 0 Å². The predicted octanol–water partition coefficient (Wildman–Crippen LogP) is 3.79. The summed E-state index contributed by atoms with van der Waals surface area (Å²) in [7, 11) is 0. The second-order valence-electron chi connectivity index (χ2n) is 5.66. The molecular weight excluding hydrogens is 386 g/mol. The Morgan fingerprint density at radius 3 is 2.54 bits per heavy atom. The molecule has 0 fully saturated rings. The molecule has 9 heteroatoms. The summed E-state index contributed by atoms with van der Waals surface area (Å²) in [6.45, 7) is 0.335. The van der Waals surface area contributed by atoms with Gasteiger partial charge < -0.3 is 14.8 Å². The van der Waals surface area contributed by atoms with E-state index in [4.69, 9.17) is 16.3 Å². The smallest absolute Gasteiger partial charge is 0.395 e. The molecule has 8 nitrogen and oxygen atoms in total. The fourth-order valence-corrected chi connectivity index (χ4v) is 2.53. The molecule has 0 spiro atoms. The number of H-pyrrole nitrogens is 1. The van der Waals surface area contributed by atoms with E-state index in [9.17, 15) is 20.0 Å². The molecule has 3 rings (SSSR count). The van der Waals surface area contributed by atoms with Gasteiger partial charge in [0.05, 0.1) is 4.92 Å². The van der Waals surface area contributed by atoms with Crippen molar-refractivity contribution < 1.29 is 14.8 Å². The van der Waals surface area contributed by atoms with Crippen LogP contribution in [0.5, 0.6) is 11.6 Å². The maximum Gasteiger partial charge on any atom is 0.395 e. The molecule has 142 valence electrons. The molecule has 0 radical (unpaired) electrons. The third-order valence-electron chi connectivity index (χ3n) is 3.74. The van der Waals surface area contributed by atoms with Crippen molar-refractivity contribution in [2.75, 3.05) is 0 Å². The van der Waals surface area contributed by atoms with Crippen molar-refractivity contribution in [3.63, 3.8) is 0 Å². The number of benzene rings is 2. The van der Waals surface area contributed by atoms with E-state index in [1.54, 1.807) is 36.4 Å². The number of hydrogen-bond donors (Lipinski definition) is 2. The molecule has 0 aliphatic carbocycles. The van der Waals surface area contributed by atoms with Crippen molar-refractivity contribution in [2.24, 2.45) is 0 Å². The normalized spacial score (nSPS) is 10.9. The zero-order chi connectivity index (χ0) is 20.1. The average Bonchev–Trinajstić information content (AvgIpc) is 2.66. The Hall–Kier alpha value is -3.65. The Morgan fingerprint density at radius 2 is 1.89 bits per heavy atom. The van der Waals surface area contributed by atoms with Crippen LogP contribution in [0.3, 0.4) is 0 Å². The minimum atomic E-state index is -1.03. The summed E-state index contributed by atoms with van der Waals surface area (Å²) in [6, 6.07) is 14.5. The highest BCUT2D eigenvalue weighted by molar-refractivity contribution is 6.31. The zero-order valence-corrected chi connectivity index (χ0v) is 15.1. The lowest BCUT2D eigenvalue weighted by atomic mass is 10.2. The predicted molar refractivity (Wildman–Crippen MR) is 104 cm³/mol. The van der Waals surface area contributed by atoms with E-state index in [-0.39, 0.29) is 5.82 Å². The molecule has 0 unspecified atom stereocenters. The Balaban J connectivity index is 1.68. The van der Waals surface area contributed by atoms with Crippen molar-refractivity contribution in [1.29, 1.82) is 0 Å². The molecule has 2 N–H and O–H groups in total. The first-order valence-electron chi connectivity index (χ1n) is 8.06. The van der Waals surface area contributed by atoms with Crippen molar-refractivity contribution in [1.82, 2.24) is 9.97 Å². The van der Waals surface area contributed by atoms with E-state index >= 15 is 0 Å². The number of nitrogens with one attached hydrogen (secondary N) is 1. The van der Waals surface area contributed by atoms with Crippen LogP contribution in [0.2, 0.25) is 5.02 Å². The first kappa shape index (κ1) is 19.1. The van der Waals surface area contributed by atoms with E-state index in [1.807, 2.05) is 18.2 Å². The maximum absolute atomic E-state index is 11.6. The number of hydrogen-bond acceptors (Lipinski definition) is 6. The number of nitrogens with zero attached hydrogens (tertiary/aromatic N) is 2. The number of halogens is 1. The minimum absolute atomic E-state index is 0.00727. The fraction of sp³-hybridized carbons (Fsp3) is 0.0526. The number of nitro groups is 1. The third-order valence-corrected chi connectivity index (χ3v) is 4.11. The Bertz CT molecular complexity index is 1090. The Labute approximate surface area is 163 Å². The summed E-state index contributed by atoms with van der Waals surface area (Å²) in [6.07, 6.45) is 3.05. The summed E-state index contributed by atoms with van der Waals surface area (Å²) in [5.41, 5.74) is -0.371. The second-order valence-corrected chi connectivity index (χ2v) is 6.07. The SMILES string of the molecule is O=c1[nH]c(/C=C\c2ccc(OCc3ccccc3Cl)cc2)nc(O)c1[N+](=O)[O-]. The van der Waals surface area contributed by atoms with Crippen LogP contribution in [0, 0.1) is 10.1 Å². The lowest BCUT2D eigenvalue weighted by molar-refractivity contribution is -0.387. The van der Waals surface area contributed by atoms with Gasteiger partial charge in [-0.15, -0.1) is 0 Å². The molecule has 3 aromatic rings. The molecule has 1 heterocycles. The van der Waals surface area contributed by atoms with Gasteiger partial charge in [-0.2, -0.15) is 4.98 Å². The van der Waals surface area contributed by atoms with Crippen LogP contribution >= 0.6 is 11.6 Å². The number of aromatic nitrogens is 2. The lowest BCUT2D eigenvalue weighted by Gasteiger charge is -2.07. The Morgan fingerprint density at radius 1 is 1.18 bits per heavy atom. The van der Waals surface area contributed by atoms with Gasteiger partial charge >= 0.3 is 11.2 Å². The van der Waals surface area contributed by atoms with Crippen molar-refractivity contribution in [2.45, 2.75) is 6.61 Å². The van der Waals surface area contributed by atoms with Crippen LogP contribution in [-0.4, -0.2) is 20.0 Å². The number of aromatic hydroxyl groups is 1. The van der Waals surface area contributed by atoms with Crippen molar-refractivity contribution >= 4 is 29.4 Å². The van der Waals surface area contributed by atoms with Gasteiger partial charge in [0.1, 0.15) is 18.2 Å². The highest BCUT2D eigenvalue weighted by Gasteiger charge is 2.21. The topological polar surface area (TPSA) is 118 Å². The number of aromatic amines is 1. The summed E-state index contributed by atoms with van der Waals surface area (Å²) < 4.78 is 5.69. The molecule has 0 aliphatic rings. The monoisotopic (exact) mass is 399 g/mol. The molecule has 0 aliphatic heterocycles. The highest BCUT2D eigenvalue weighted by atomic mass is 35.5. The van der Waals surface area contributed by atoms with E-state index in [2.05, 4.69) is 9.97 Å². The molecule has 0 bridgehead atoms. The molecule has 0 saturated heterocycles. The summed E-state index contributed by atoms with van der Waals surface area (Å²) >= 11 is 6.09. The van der Waals surface area contributed by atoms with Gasteiger partial charge in [-0.05, 0) is 29.8 Å². The second kappa shape index (κ2) is 8.36. The summed E-state index contributed by atoms with van der Waals surface area (Å²) in [5.74, 6) is -0.291. The molecular formula is C19H14ClN3O5. The zero-order valence-electron chi connectivity index (χ0n) is 14.3. The highest BCUT2D eigenvalue weighted by Crippen LogP contribution is 2.20. The summed E-state index contributed by atoms with van der Waals surface area (Å²) in [5, 5.41) is 20.8. The van der Waals surface area contributed by atoms with E-state index in [1.165, 1.54) is 6.08 Å². The standard InChI is InChI=1S/C19H14ClN3O5/c20-15-4-2-1-3-13(15)11-28-14-8-5-12(6-9-14)7-10-16-21-18(24)17(23(26)27)19(25)22-16/h1-10H,11H2,(H2,21,22,24,25)/b10-7-. The van der Waals surface area contributed by atoms with Crippen LogP contribution in [0.15, 0.2) is 53.3 Å². The average molecular weight is 400 g/mol. The van der Waals surface area contributed by atoms with Crippen LogP contribution in [-0.2, 0) is 6.61 Å². The van der Waals surface area contributed by atoms with Crippen LogP contribution < -0.4 is 10.3 Å². The molecule has 0 saturated carbocycles. The van der Waals surface area contributed by atoms with Gasteiger partial charge in [0, 0.05) is 10.6 Å². The Kier molecular flexibility index (Phi) is 5.71. The lowest BCUT2D eigenvalue weighted by Crippen LogP contribution is -2.14. The minimum Gasteiger partial charge on any atom is -0.489 e. The van der Waals surface area contributed by atoms with Crippen molar-refractivity contribution in [3.05, 3.63) is 91.0 Å². The van der Waals surface area contributed by atoms with E-state index in [0.717, 1.165) is 11.1 Å². The van der Waals surface area contributed by atoms with Crippen LogP contribution in [0.1, 0.15) is 17.0 Å². The molecule has 0 amide bonds. The molecule has 2 aromatic carbocycles. The largest absolute Gasteiger partial charge is 0.489 e. The van der Waals surface area contributed by atoms with E-state index in [0.29, 0.717) is 17.4 Å². The fourth-order valence-electron chi connectivity index (χ4n) is 2.34. The van der Waals surface area contributed by atoms with Crippen molar-refractivity contribution in [3.8, 4) is 11.6 Å². The van der Waals surface area contributed by atoms with Gasteiger partial charge in [-0.3, -0.25) is 14.9 Å². The van der Waals surface area contributed by atoms with Crippen LogP contribution in [0.4, 0.5) is 5.69 Å². The van der Waals surface area contributed by atoms with Crippen LogP contribution in [0.25, 0.3) is 12.2 Å². The van der Waals surface area contributed by atoms with Gasteiger partial charge in [-0.25, -0.2) is 0 Å². The van der Waals surface area contributed by atoms with E-state index < -0.39 is 22.0 Å². The first-order valence-corrected chi connectivity index (χ1v) is 8.44. The molecule has 0 atom stereocenters. The van der Waals surface area contributed by atoms with Gasteiger partial charge in [-0.1, -0.05) is 48.0 Å². The number of ether oxygens (including phenoxy) is 1. The quantitative estimate of drug-likeness (QED) is 0.481. The number of rotatable bonds is 6.